The number of fused-ring (bicyclic) bond motifs is 1. The lowest BCUT2D eigenvalue weighted by Crippen LogP contribution is -2.61. The van der Waals surface area contributed by atoms with Crippen LogP contribution < -0.4 is 5.32 Å². The number of carbonyl (C=O) groups excluding carboxylic acids is 1. The van der Waals surface area contributed by atoms with E-state index in [4.69, 9.17) is 5.11 Å². The fourth-order valence-electron chi connectivity index (χ4n) is 3.17. The highest BCUT2D eigenvalue weighted by Gasteiger charge is 2.34. The second-order valence-corrected chi connectivity index (χ2v) is 5.88. The number of carbonyl (C=O) groups is 2. The highest BCUT2D eigenvalue weighted by molar-refractivity contribution is 5.74. The molecule has 0 aromatic rings. The number of nitrogens with zero attached hydrogens (tertiary/aromatic N) is 2. The van der Waals surface area contributed by atoms with E-state index in [1.807, 2.05) is 4.90 Å². The van der Waals surface area contributed by atoms with Gasteiger partial charge >= 0.3 is 12.0 Å². The summed E-state index contributed by atoms with van der Waals surface area (Å²) in [6, 6.07) is 0.682. The Bertz CT molecular complexity index is 362. The number of amides is 2. The van der Waals surface area contributed by atoms with E-state index in [1.54, 1.807) is 0 Å². The fourth-order valence-corrected chi connectivity index (χ4v) is 3.17. The van der Waals surface area contributed by atoms with Gasteiger partial charge in [-0.3, -0.25) is 9.69 Å². The first-order valence-corrected chi connectivity index (χ1v) is 7.58. The summed E-state index contributed by atoms with van der Waals surface area (Å²) >= 11 is 0. The van der Waals surface area contributed by atoms with Crippen molar-refractivity contribution in [1.82, 2.24) is 15.1 Å². The molecule has 20 heavy (non-hydrogen) atoms. The molecule has 6 nitrogen and oxygen atoms in total. The second-order valence-electron chi connectivity index (χ2n) is 5.88. The third kappa shape index (κ3) is 3.85. The van der Waals surface area contributed by atoms with E-state index in [-0.39, 0.29) is 18.5 Å². The number of nitrogens with one attached hydrogen (secondary N) is 1. The number of piperidine rings is 1. The van der Waals surface area contributed by atoms with Crippen LogP contribution in [0.15, 0.2) is 0 Å². The number of carboxylic acid groups (broad SMARTS) is 1. The first-order chi connectivity index (χ1) is 9.58. The molecule has 2 rings (SSSR count). The van der Waals surface area contributed by atoms with Gasteiger partial charge in [0.25, 0.3) is 0 Å². The summed E-state index contributed by atoms with van der Waals surface area (Å²) in [5.41, 5.74) is 0. The number of aliphatic carboxylic acids is 1. The van der Waals surface area contributed by atoms with Crippen LogP contribution in [0.5, 0.6) is 0 Å². The Morgan fingerprint density at radius 3 is 2.85 bits per heavy atom. The minimum absolute atomic E-state index is 0.0480. The van der Waals surface area contributed by atoms with E-state index < -0.39 is 5.97 Å². The van der Waals surface area contributed by atoms with E-state index in [1.165, 1.54) is 19.3 Å². The lowest BCUT2D eigenvalue weighted by Gasteiger charge is -2.47. The Morgan fingerprint density at radius 1 is 1.30 bits per heavy atom. The third-order valence-electron chi connectivity index (χ3n) is 4.29. The van der Waals surface area contributed by atoms with Crippen molar-refractivity contribution < 1.29 is 14.7 Å². The van der Waals surface area contributed by atoms with Gasteiger partial charge in [-0.2, -0.15) is 0 Å². The smallest absolute Gasteiger partial charge is 0.317 e. The van der Waals surface area contributed by atoms with Crippen molar-refractivity contribution in [2.75, 3.05) is 26.2 Å². The van der Waals surface area contributed by atoms with E-state index >= 15 is 0 Å². The van der Waals surface area contributed by atoms with Gasteiger partial charge in [0.15, 0.2) is 0 Å². The molecule has 2 N–H and O–H groups in total. The second kappa shape index (κ2) is 6.92. The molecule has 0 aromatic carbocycles. The molecule has 0 bridgehead atoms. The van der Waals surface area contributed by atoms with Gasteiger partial charge in [-0.05, 0) is 32.7 Å². The van der Waals surface area contributed by atoms with Crippen LogP contribution in [0.2, 0.25) is 0 Å². The maximum absolute atomic E-state index is 12.2. The molecule has 0 saturated carbocycles. The van der Waals surface area contributed by atoms with Crippen molar-refractivity contribution in [3.05, 3.63) is 0 Å². The highest BCUT2D eigenvalue weighted by Crippen LogP contribution is 2.23. The average molecular weight is 283 g/mol. The van der Waals surface area contributed by atoms with Gasteiger partial charge in [-0.1, -0.05) is 6.42 Å². The largest absolute Gasteiger partial charge is 0.481 e. The van der Waals surface area contributed by atoms with Crippen LogP contribution in [0.3, 0.4) is 0 Å². The molecule has 2 atom stereocenters. The predicted molar refractivity (Wildman–Crippen MR) is 75.6 cm³/mol. The van der Waals surface area contributed by atoms with Crippen molar-refractivity contribution in [2.45, 2.75) is 51.1 Å². The SMILES string of the molecule is CC1CN2CCCCC2CN1C(=O)NCCCC(=O)O. The van der Waals surface area contributed by atoms with Gasteiger partial charge in [-0.15, -0.1) is 0 Å². The number of hydrogen-bond acceptors (Lipinski definition) is 3. The summed E-state index contributed by atoms with van der Waals surface area (Å²) in [6.07, 6.45) is 4.29. The van der Waals surface area contributed by atoms with Crippen molar-refractivity contribution in [1.29, 1.82) is 0 Å². The van der Waals surface area contributed by atoms with E-state index in [2.05, 4.69) is 17.1 Å². The molecule has 2 heterocycles. The molecule has 114 valence electrons. The maximum atomic E-state index is 12.2. The first-order valence-electron chi connectivity index (χ1n) is 7.58. The number of piperazine rings is 1. The molecule has 2 aliphatic heterocycles. The van der Waals surface area contributed by atoms with Gasteiger partial charge in [-0.25, -0.2) is 4.79 Å². The Kier molecular flexibility index (Phi) is 5.23. The Balaban J connectivity index is 1.78. The van der Waals surface area contributed by atoms with E-state index in [0.717, 1.165) is 19.6 Å². The molecule has 2 unspecified atom stereocenters. The van der Waals surface area contributed by atoms with Crippen LogP contribution in [0.4, 0.5) is 4.79 Å². The molecular weight excluding hydrogens is 258 g/mol. The van der Waals surface area contributed by atoms with Crippen LogP contribution in [-0.2, 0) is 4.79 Å². The molecule has 2 saturated heterocycles. The lowest BCUT2D eigenvalue weighted by atomic mass is 9.97. The van der Waals surface area contributed by atoms with Crippen LogP contribution >= 0.6 is 0 Å². The zero-order valence-electron chi connectivity index (χ0n) is 12.2. The molecule has 0 radical (unpaired) electrons. The van der Waals surface area contributed by atoms with Crippen LogP contribution in [0.25, 0.3) is 0 Å². The minimum atomic E-state index is -0.816. The molecule has 6 heteroatoms. The first kappa shape index (κ1) is 15.1. The predicted octanol–water partition coefficient (Wildman–Crippen LogP) is 1.12. The average Bonchev–Trinajstić information content (AvgIpc) is 2.42. The number of carboxylic acids is 1. The summed E-state index contributed by atoms with van der Waals surface area (Å²) in [7, 11) is 0. The fraction of sp³-hybridized carbons (Fsp3) is 0.857. The molecule has 0 spiro atoms. The van der Waals surface area contributed by atoms with Gasteiger partial charge in [0.1, 0.15) is 0 Å². The number of urea groups is 1. The molecule has 0 aliphatic carbocycles. The standard InChI is InChI=1S/C14H25N3O3/c1-11-9-16-8-3-2-5-12(16)10-17(11)14(20)15-7-4-6-13(18)19/h11-12H,2-10H2,1H3,(H,15,20)(H,18,19). The Morgan fingerprint density at radius 2 is 2.10 bits per heavy atom. The van der Waals surface area contributed by atoms with Crippen LogP contribution in [0, 0.1) is 0 Å². The molecule has 0 aromatic heterocycles. The zero-order chi connectivity index (χ0) is 14.5. The summed E-state index contributed by atoms with van der Waals surface area (Å²) < 4.78 is 0. The summed E-state index contributed by atoms with van der Waals surface area (Å²) in [6.45, 7) is 5.42. The molecule has 2 amide bonds. The van der Waals surface area contributed by atoms with Crippen molar-refractivity contribution >= 4 is 12.0 Å². The van der Waals surface area contributed by atoms with Crippen molar-refractivity contribution in [3.8, 4) is 0 Å². The summed E-state index contributed by atoms with van der Waals surface area (Å²) in [5, 5.41) is 11.4. The monoisotopic (exact) mass is 283 g/mol. The highest BCUT2D eigenvalue weighted by atomic mass is 16.4. The number of hydrogen-bond donors (Lipinski definition) is 2. The summed E-state index contributed by atoms with van der Waals surface area (Å²) in [4.78, 5) is 27.0. The van der Waals surface area contributed by atoms with E-state index in [9.17, 15) is 9.59 Å². The van der Waals surface area contributed by atoms with Gasteiger partial charge in [0.2, 0.25) is 0 Å². The van der Waals surface area contributed by atoms with Gasteiger partial charge in [0, 0.05) is 38.1 Å². The third-order valence-corrected chi connectivity index (χ3v) is 4.29. The normalized spacial score (nSPS) is 26.9. The Hall–Kier alpha value is -1.30. The molecular formula is C14H25N3O3. The van der Waals surface area contributed by atoms with Crippen LogP contribution in [0.1, 0.15) is 39.0 Å². The molecule has 2 fully saturated rings. The zero-order valence-corrected chi connectivity index (χ0v) is 12.2. The van der Waals surface area contributed by atoms with Crippen molar-refractivity contribution in [3.63, 3.8) is 0 Å². The van der Waals surface area contributed by atoms with Gasteiger partial charge < -0.3 is 15.3 Å². The van der Waals surface area contributed by atoms with Gasteiger partial charge in [0.05, 0.1) is 0 Å². The van der Waals surface area contributed by atoms with Crippen molar-refractivity contribution in [2.24, 2.45) is 0 Å². The minimum Gasteiger partial charge on any atom is -0.481 e. The topological polar surface area (TPSA) is 72.9 Å². The molecule has 2 aliphatic rings. The number of rotatable bonds is 4. The maximum Gasteiger partial charge on any atom is 0.317 e. The summed E-state index contributed by atoms with van der Waals surface area (Å²) in [5.74, 6) is -0.816. The van der Waals surface area contributed by atoms with Crippen LogP contribution in [-0.4, -0.2) is 65.2 Å². The quantitative estimate of drug-likeness (QED) is 0.758. The Labute approximate surface area is 120 Å². The lowest BCUT2D eigenvalue weighted by molar-refractivity contribution is -0.137. The van der Waals surface area contributed by atoms with E-state index in [0.29, 0.717) is 19.0 Å².